The van der Waals surface area contributed by atoms with E-state index in [9.17, 15) is 4.79 Å². The third-order valence-corrected chi connectivity index (χ3v) is 4.19. The number of aromatic nitrogens is 2. The molecule has 0 unspecified atom stereocenters. The van der Waals surface area contributed by atoms with Gasteiger partial charge in [0.05, 0.1) is 5.56 Å². The van der Waals surface area contributed by atoms with Crippen LogP contribution in [-0.2, 0) is 0 Å². The number of nitrogens with two attached hydrogens (primary N) is 1. The van der Waals surface area contributed by atoms with E-state index < -0.39 is 0 Å². The number of anilines is 2. The SMILES string of the molecule is Nc1ncc(Br)cc1C(=O)c1cccc(N2CCCNCC2)n1.[HH].[HH]. The summed E-state index contributed by atoms with van der Waals surface area (Å²) in [6.45, 7) is 3.74. The lowest BCUT2D eigenvalue weighted by atomic mass is 10.1. The zero-order valence-corrected chi connectivity index (χ0v) is 14.2. The summed E-state index contributed by atoms with van der Waals surface area (Å²) in [4.78, 5) is 23.4. The molecule has 0 atom stereocenters. The monoisotopic (exact) mass is 379 g/mol. The molecule has 3 rings (SSSR count). The normalized spacial score (nSPS) is 15.3. The van der Waals surface area contributed by atoms with Crippen LogP contribution in [0.5, 0.6) is 0 Å². The lowest BCUT2D eigenvalue weighted by Crippen LogP contribution is -2.29. The first-order valence-electron chi connectivity index (χ1n) is 7.53. The van der Waals surface area contributed by atoms with E-state index in [4.69, 9.17) is 5.73 Å². The number of pyridine rings is 2. The number of rotatable bonds is 3. The molecule has 0 aromatic carbocycles. The molecule has 6 nitrogen and oxygen atoms in total. The van der Waals surface area contributed by atoms with Gasteiger partial charge in [0.25, 0.3) is 0 Å². The second-order valence-electron chi connectivity index (χ2n) is 5.39. The van der Waals surface area contributed by atoms with Gasteiger partial charge in [-0.3, -0.25) is 4.79 Å². The van der Waals surface area contributed by atoms with Gasteiger partial charge in [0.1, 0.15) is 17.3 Å². The fraction of sp³-hybridized carbons (Fsp3) is 0.312. The Kier molecular flexibility index (Phi) is 4.88. The van der Waals surface area contributed by atoms with E-state index in [0.29, 0.717) is 15.7 Å². The van der Waals surface area contributed by atoms with E-state index in [-0.39, 0.29) is 14.5 Å². The van der Waals surface area contributed by atoms with Crippen molar-refractivity contribution in [2.45, 2.75) is 6.42 Å². The quantitative estimate of drug-likeness (QED) is 0.796. The summed E-state index contributed by atoms with van der Waals surface area (Å²) in [5.41, 5.74) is 6.57. The molecule has 23 heavy (non-hydrogen) atoms. The van der Waals surface area contributed by atoms with Crippen molar-refractivity contribution >= 4 is 33.3 Å². The second-order valence-corrected chi connectivity index (χ2v) is 6.30. The molecule has 2 aromatic heterocycles. The predicted octanol–water partition coefficient (Wildman–Crippen LogP) is 2.34. The summed E-state index contributed by atoms with van der Waals surface area (Å²) < 4.78 is 0.713. The third-order valence-electron chi connectivity index (χ3n) is 3.76. The highest BCUT2D eigenvalue weighted by Gasteiger charge is 2.17. The zero-order valence-electron chi connectivity index (χ0n) is 12.6. The molecule has 3 N–H and O–H groups in total. The largest absolute Gasteiger partial charge is 0.383 e. The van der Waals surface area contributed by atoms with Crippen LogP contribution < -0.4 is 16.0 Å². The first-order valence-corrected chi connectivity index (χ1v) is 8.33. The van der Waals surface area contributed by atoms with Gasteiger partial charge in [0, 0.05) is 33.2 Å². The van der Waals surface area contributed by atoms with E-state index >= 15 is 0 Å². The van der Waals surface area contributed by atoms with Gasteiger partial charge in [-0.2, -0.15) is 0 Å². The minimum Gasteiger partial charge on any atom is -0.383 e. The lowest BCUT2D eigenvalue weighted by molar-refractivity contribution is 0.103. The summed E-state index contributed by atoms with van der Waals surface area (Å²) in [6, 6.07) is 7.18. The van der Waals surface area contributed by atoms with Crippen LogP contribution in [0.1, 0.15) is 25.3 Å². The Morgan fingerprint density at radius 3 is 3.09 bits per heavy atom. The van der Waals surface area contributed by atoms with Crippen molar-refractivity contribution in [1.29, 1.82) is 0 Å². The fourth-order valence-electron chi connectivity index (χ4n) is 2.57. The third kappa shape index (κ3) is 3.68. The molecule has 0 spiro atoms. The molecule has 124 valence electrons. The molecule has 0 amide bonds. The van der Waals surface area contributed by atoms with Crippen LogP contribution in [0.2, 0.25) is 0 Å². The molecule has 0 bridgehead atoms. The Balaban J connectivity index is 0.00000156. The van der Waals surface area contributed by atoms with Gasteiger partial charge in [0.2, 0.25) is 5.78 Å². The first-order chi connectivity index (χ1) is 11.1. The maximum Gasteiger partial charge on any atom is 0.215 e. The van der Waals surface area contributed by atoms with Crippen molar-refractivity contribution in [1.82, 2.24) is 15.3 Å². The number of nitrogen functional groups attached to an aromatic ring is 1. The Bertz CT molecular complexity index is 723. The van der Waals surface area contributed by atoms with Crippen molar-refractivity contribution < 1.29 is 7.65 Å². The molecule has 1 fully saturated rings. The number of hydrogen-bond donors (Lipinski definition) is 2. The zero-order chi connectivity index (χ0) is 16.2. The van der Waals surface area contributed by atoms with Crippen LogP contribution >= 0.6 is 15.9 Å². The molecule has 3 heterocycles. The smallest absolute Gasteiger partial charge is 0.215 e. The van der Waals surface area contributed by atoms with Gasteiger partial charge in [-0.25, -0.2) is 9.97 Å². The molecule has 1 saturated heterocycles. The van der Waals surface area contributed by atoms with E-state index in [2.05, 4.69) is 36.1 Å². The van der Waals surface area contributed by atoms with Crippen LogP contribution in [-0.4, -0.2) is 41.9 Å². The Morgan fingerprint density at radius 2 is 2.22 bits per heavy atom. The Labute approximate surface area is 146 Å². The van der Waals surface area contributed by atoms with Gasteiger partial charge in [-0.15, -0.1) is 0 Å². The number of hydrogen-bond acceptors (Lipinski definition) is 6. The molecule has 0 saturated carbocycles. The van der Waals surface area contributed by atoms with E-state index in [1.807, 2.05) is 12.1 Å². The van der Waals surface area contributed by atoms with Crippen LogP contribution in [0.4, 0.5) is 11.6 Å². The van der Waals surface area contributed by atoms with E-state index in [1.165, 1.54) is 0 Å². The van der Waals surface area contributed by atoms with Crippen molar-refractivity contribution in [3.63, 3.8) is 0 Å². The lowest BCUT2D eigenvalue weighted by Gasteiger charge is -2.21. The molecular formula is C16H22BrN5O. The van der Waals surface area contributed by atoms with Gasteiger partial charge in [-0.05, 0) is 47.1 Å². The summed E-state index contributed by atoms with van der Waals surface area (Å²) >= 11 is 3.32. The molecule has 7 heteroatoms. The average Bonchev–Trinajstić information content (AvgIpc) is 2.86. The van der Waals surface area contributed by atoms with Gasteiger partial charge in [-0.1, -0.05) is 6.07 Å². The van der Waals surface area contributed by atoms with Crippen molar-refractivity contribution in [3.05, 3.63) is 46.2 Å². The summed E-state index contributed by atoms with van der Waals surface area (Å²) in [7, 11) is 0. The van der Waals surface area contributed by atoms with Gasteiger partial charge < -0.3 is 16.0 Å². The van der Waals surface area contributed by atoms with Gasteiger partial charge in [0.15, 0.2) is 0 Å². The summed E-state index contributed by atoms with van der Waals surface area (Å²) in [6.07, 6.45) is 2.63. The van der Waals surface area contributed by atoms with Crippen LogP contribution in [0.25, 0.3) is 0 Å². The molecule has 0 radical (unpaired) electrons. The minimum absolute atomic E-state index is 0. The van der Waals surface area contributed by atoms with Crippen molar-refractivity contribution in [2.75, 3.05) is 36.8 Å². The Hall–Kier alpha value is -1.99. The first kappa shape index (κ1) is 15.9. The minimum atomic E-state index is -0.217. The van der Waals surface area contributed by atoms with E-state index in [1.54, 1.807) is 18.3 Å². The highest BCUT2D eigenvalue weighted by Crippen LogP contribution is 2.20. The number of ketones is 1. The van der Waals surface area contributed by atoms with Crippen molar-refractivity contribution in [3.8, 4) is 0 Å². The van der Waals surface area contributed by atoms with Crippen LogP contribution in [0, 0.1) is 0 Å². The Morgan fingerprint density at radius 1 is 1.35 bits per heavy atom. The number of carbonyl (C=O) groups is 1. The van der Waals surface area contributed by atoms with Crippen LogP contribution in [0.3, 0.4) is 0 Å². The maximum atomic E-state index is 12.7. The average molecular weight is 380 g/mol. The number of nitrogens with one attached hydrogen (secondary N) is 1. The highest BCUT2D eigenvalue weighted by molar-refractivity contribution is 9.10. The summed E-state index contributed by atoms with van der Waals surface area (Å²) in [5, 5.41) is 3.36. The molecule has 1 aliphatic heterocycles. The second kappa shape index (κ2) is 7.06. The maximum absolute atomic E-state index is 12.7. The van der Waals surface area contributed by atoms with Crippen LogP contribution in [0.15, 0.2) is 34.9 Å². The molecule has 2 aromatic rings. The van der Waals surface area contributed by atoms with Crippen molar-refractivity contribution in [2.24, 2.45) is 0 Å². The fourth-order valence-corrected chi connectivity index (χ4v) is 2.90. The number of carbonyl (C=O) groups excluding carboxylic acids is 1. The standard InChI is InChI=1S/C16H18BrN5O.2H2/c17-11-9-12(16(18)20-10-11)15(23)13-3-1-4-14(21-13)22-7-2-5-19-6-8-22;;/h1,3-4,9-10,19H,2,5-8H2,(H2,18,20);2*1H. The predicted molar refractivity (Wildman–Crippen MR) is 97.9 cm³/mol. The van der Waals surface area contributed by atoms with Gasteiger partial charge >= 0.3 is 0 Å². The van der Waals surface area contributed by atoms with E-state index in [0.717, 1.165) is 38.4 Å². The summed E-state index contributed by atoms with van der Waals surface area (Å²) in [5.74, 6) is 0.816. The molecular weight excluding hydrogens is 358 g/mol. The highest BCUT2D eigenvalue weighted by atomic mass is 79.9. The molecule has 0 aliphatic carbocycles. The number of nitrogens with zero attached hydrogens (tertiary/aromatic N) is 3. The number of halogens is 1. The topological polar surface area (TPSA) is 84.1 Å². The molecule has 1 aliphatic rings.